The molecule has 0 aromatic heterocycles. The molecule has 0 N–H and O–H groups in total. The van der Waals surface area contributed by atoms with Crippen LogP contribution in [0.15, 0.2) is 24.3 Å². The van der Waals surface area contributed by atoms with Crippen LogP contribution >= 0.6 is 0 Å². The van der Waals surface area contributed by atoms with Gasteiger partial charge < -0.3 is 4.74 Å². The smallest absolute Gasteiger partial charge is 0.337 e. The molecule has 0 radical (unpaired) electrons. The Bertz CT molecular complexity index is 667. The molecule has 3 rings (SSSR count). The van der Waals surface area contributed by atoms with Crippen molar-refractivity contribution >= 4 is 17.7 Å². The van der Waals surface area contributed by atoms with Gasteiger partial charge in [-0.3, -0.25) is 14.6 Å². The number of methoxy groups -OCH3 is 1. The molecule has 1 heterocycles. The number of nitrogens with zero attached hydrogens (tertiary/aromatic N) is 2. The van der Waals surface area contributed by atoms with E-state index >= 15 is 0 Å². The van der Waals surface area contributed by atoms with Gasteiger partial charge >= 0.3 is 5.97 Å². The van der Waals surface area contributed by atoms with Crippen LogP contribution in [-0.4, -0.2) is 54.4 Å². The average molecular weight is 358 g/mol. The monoisotopic (exact) mass is 358 g/mol. The van der Waals surface area contributed by atoms with Crippen molar-refractivity contribution in [2.24, 2.45) is 5.92 Å². The van der Waals surface area contributed by atoms with Gasteiger partial charge in [0.1, 0.15) is 5.78 Å². The first kappa shape index (κ1) is 18.6. The molecule has 1 aromatic carbocycles. The summed E-state index contributed by atoms with van der Waals surface area (Å²) in [6, 6.07) is 7.25. The number of hydrogen-bond acceptors (Lipinski definition) is 5. The lowest BCUT2D eigenvalue weighted by Gasteiger charge is -2.29. The second kappa shape index (κ2) is 8.45. The lowest BCUT2D eigenvalue weighted by atomic mass is 9.81. The number of ether oxygens (including phenoxy) is 1. The quantitative estimate of drug-likeness (QED) is 0.667. The van der Waals surface area contributed by atoms with E-state index in [1.54, 1.807) is 17.1 Å². The van der Waals surface area contributed by atoms with Crippen molar-refractivity contribution in [2.75, 3.05) is 26.7 Å². The molecule has 0 atom stereocenters. The first-order chi connectivity index (χ1) is 12.6. The maximum Gasteiger partial charge on any atom is 0.337 e. The van der Waals surface area contributed by atoms with E-state index in [-0.39, 0.29) is 17.8 Å². The molecule has 0 unspecified atom stereocenters. The van der Waals surface area contributed by atoms with E-state index in [4.69, 9.17) is 4.74 Å². The topological polar surface area (TPSA) is 66.9 Å². The van der Waals surface area contributed by atoms with E-state index in [1.807, 2.05) is 17.1 Å². The highest BCUT2D eigenvalue weighted by Crippen LogP contribution is 2.28. The minimum Gasteiger partial charge on any atom is -0.465 e. The minimum atomic E-state index is -0.353. The van der Waals surface area contributed by atoms with Crippen LogP contribution in [-0.2, 0) is 20.7 Å². The molecule has 2 fully saturated rings. The Morgan fingerprint density at radius 2 is 1.88 bits per heavy atom. The highest BCUT2D eigenvalue weighted by molar-refractivity contribution is 5.89. The number of Topliss-reactive ketones (excluding diaryl/α,β-unsaturated/α-hetero) is 1. The van der Waals surface area contributed by atoms with Crippen LogP contribution in [0.4, 0.5) is 0 Å². The summed E-state index contributed by atoms with van der Waals surface area (Å²) in [6.07, 6.45) is 4.98. The number of carbonyl (C=O) groups is 3. The van der Waals surface area contributed by atoms with Crippen molar-refractivity contribution in [3.05, 3.63) is 35.4 Å². The number of hydrogen-bond donors (Lipinski definition) is 0. The zero-order valence-corrected chi connectivity index (χ0v) is 15.3. The van der Waals surface area contributed by atoms with Gasteiger partial charge in [0.05, 0.1) is 12.7 Å². The predicted octanol–water partition coefficient (Wildman–Crippen LogP) is 2.22. The molecule has 0 spiro atoms. The third kappa shape index (κ3) is 4.30. The standard InChI is InChI=1S/C20H26N2O4/c1-26-20(25)17-7-5-15(6-8-17)9-14-22-19(24)11-13-21(22)12-10-18(23)16-3-2-4-16/h5-8,16H,2-4,9-14H2,1H3. The summed E-state index contributed by atoms with van der Waals surface area (Å²) in [4.78, 5) is 35.7. The molecule has 1 saturated heterocycles. The van der Waals surface area contributed by atoms with Gasteiger partial charge in [-0.15, -0.1) is 0 Å². The van der Waals surface area contributed by atoms with E-state index in [2.05, 4.69) is 0 Å². The van der Waals surface area contributed by atoms with Crippen molar-refractivity contribution < 1.29 is 19.1 Å². The summed E-state index contributed by atoms with van der Waals surface area (Å²) in [5.74, 6) is 0.366. The molecule has 6 nitrogen and oxygen atoms in total. The van der Waals surface area contributed by atoms with Gasteiger partial charge in [-0.25, -0.2) is 9.80 Å². The molecule has 6 heteroatoms. The number of benzene rings is 1. The van der Waals surface area contributed by atoms with E-state index < -0.39 is 0 Å². The van der Waals surface area contributed by atoms with Gasteiger partial charge in [-0.1, -0.05) is 18.6 Å². The van der Waals surface area contributed by atoms with E-state index in [0.717, 1.165) is 18.4 Å². The van der Waals surface area contributed by atoms with Crippen molar-refractivity contribution in [3.63, 3.8) is 0 Å². The number of esters is 1. The largest absolute Gasteiger partial charge is 0.465 e. The Kier molecular flexibility index (Phi) is 6.04. The molecule has 1 aliphatic carbocycles. The van der Waals surface area contributed by atoms with Crippen molar-refractivity contribution in [2.45, 2.75) is 38.5 Å². The highest BCUT2D eigenvalue weighted by Gasteiger charge is 2.30. The highest BCUT2D eigenvalue weighted by atomic mass is 16.5. The van der Waals surface area contributed by atoms with Gasteiger partial charge in [0.25, 0.3) is 0 Å². The molecule has 1 amide bonds. The van der Waals surface area contributed by atoms with Gasteiger partial charge in [0, 0.05) is 38.4 Å². The molecule has 140 valence electrons. The Labute approximate surface area is 154 Å². The number of carbonyl (C=O) groups excluding carboxylic acids is 3. The Balaban J connectivity index is 1.50. The Morgan fingerprint density at radius 3 is 2.50 bits per heavy atom. The zero-order chi connectivity index (χ0) is 18.5. The van der Waals surface area contributed by atoms with Crippen molar-refractivity contribution in [3.8, 4) is 0 Å². The molecule has 2 aliphatic rings. The van der Waals surface area contributed by atoms with Crippen LogP contribution in [0.5, 0.6) is 0 Å². The van der Waals surface area contributed by atoms with Crippen LogP contribution < -0.4 is 0 Å². The maximum atomic E-state index is 12.2. The van der Waals surface area contributed by atoms with Gasteiger partial charge in [-0.2, -0.15) is 0 Å². The molecule has 0 bridgehead atoms. The first-order valence-electron chi connectivity index (χ1n) is 9.33. The minimum absolute atomic E-state index is 0.118. The lowest BCUT2D eigenvalue weighted by Crippen LogP contribution is -2.41. The van der Waals surface area contributed by atoms with Crippen LogP contribution in [0, 0.1) is 5.92 Å². The third-order valence-electron chi connectivity index (χ3n) is 5.38. The molecule has 1 aliphatic heterocycles. The lowest BCUT2D eigenvalue weighted by molar-refractivity contribution is -0.139. The number of rotatable bonds is 8. The van der Waals surface area contributed by atoms with E-state index in [9.17, 15) is 14.4 Å². The fourth-order valence-corrected chi connectivity index (χ4v) is 3.46. The maximum absolute atomic E-state index is 12.2. The van der Waals surface area contributed by atoms with Crippen LogP contribution in [0.1, 0.15) is 48.0 Å². The molecule has 1 saturated carbocycles. The van der Waals surface area contributed by atoms with E-state index in [0.29, 0.717) is 50.2 Å². The molecule has 26 heavy (non-hydrogen) atoms. The zero-order valence-electron chi connectivity index (χ0n) is 15.3. The summed E-state index contributed by atoms with van der Waals surface area (Å²) in [5, 5.41) is 3.80. The average Bonchev–Trinajstić information content (AvgIpc) is 2.96. The van der Waals surface area contributed by atoms with E-state index in [1.165, 1.54) is 13.5 Å². The summed E-state index contributed by atoms with van der Waals surface area (Å²) in [7, 11) is 1.36. The Morgan fingerprint density at radius 1 is 1.15 bits per heavy atom. The van der Waals surface area contributed by atoms with Gasteiger partial charge in [-0.05, 0) is 37.0 Å². The molecule has 1 aromatic rings. The summed E-state index contributed by atoms with van der Waals surface area (Å²) in [6.45, 7) is 1.91. The summed E-state index contributed by atoms with van der Waals surface area (Å²) in [5.41, 5.74) is 1.58. The third-order valence-corrected chi connectivity index (χ3v) is 5.38. The van der Waals surface area contributed by atoms with Gasteiger partial charge in [0.2, 0.25) is 5.91 Å². The molecular formula is C20H26N2O4. The second-order valence-corrected chi connectivity index (χ2v) is 7.00. The fourth-order valence-electron chi connectivity index (χ4n) is 3.46. The summed E-state index contributed by atoms with van der Waals surface area (Å²) < 4.78 is 4.69. The van der Waals surface area contributed by atoms with Crippen LogP contribution in [0.2, 0.25) is 0 Å². The normalized spacial score (nSPS) is 18.0. The van der Waals surface area contributed by atoms with Crippen LogP contribution in [0.3, 0.4) is 0 Å². The SMILES string of the molecule is COC(=O)c1ccc(CCN2C(=O)CCN2CCC(=O)C2CCC2)cc1. The fraction of sp³-hybridized carbons (Fsp3) is 0.550. The second-order valence-electron chi connectivity index (χ2n) is 7.00. The first-order valence-corrected chi connectivity index (χ1v) is 9.33. The van der Waals surface area contributed by atoms with Crippen molar-refractivity contribution in [1.82, 2.24) is 10.0 Å². The van der Waals surface area contributed by atoms with Crippen LogP contribution in [0.25, 0.3) is 0 Å². The van der Waals surface area contributed by atoms with Gasteiger partial charge in [0.15, 0.2) is 0 Å². The van der Waals surface area contributed by atoms with Crippen molar-refractivity contribution in [1.29, 1.82) is 0 Å². The number of amides is 1. The number of hydrazine groups is 1. The Hall–Kier alpha value is -2.21. The predicted molar refractivity (Wildman–Crippen MR) is 96.4 cm³/mol. The molecular weight excluding hydrogens is 332 g/mol. The summed E-state index contributed by atoms with van der Waals surface area (Å²) >= 11 is 0. The number of ketones is 1.